The van der Waals surface area contributed by atoms with Crippen LogP contribution >= 0.6 is 23.2 Å². The van der Waals surface area contributed by atoms with Gasteiger partial charge in [-0.3, -0.25) is 4.40 Å². The van der Waals surface area contributed by atoms with Gasteiger partial charge in [0.25, 0.3) is 0 Å². The molecule has 0 saturated carbocycles. The van der Waals surface area contributed by atoms with E-state index in [1.165, 1.54) is 0 Å². The summed E-state index contributed by atoms with van der Waals surface area (Å²) in [6.45, 7) is 0. The second kappa shape index (κ2) is 5.41. The van der Waals surface area contributed by atoms with E-state index in [0.717, 1.165) is 16.6 Å². The minimum Gasteiger partial charge on any atom is -0.494 e. The number of fused-ring (bicyclic) bond motifs is 3. The number of methoxy groups -OCH3 is 1. The summed E-state index contributed by atoms with van der Waals surface area (Å²) in [5.74, 6) is 1.16. The molecule has 6 heteroatoms. The van der Waals surface area contributed by atoms with Crippen LogP contribution in [0.4, 0.5) is 0 Å². The van der Waals surface area contributed by atoms with Crippen LogP contribution < -0.4 is 4.74 Å². The van der Waals surface area contributed by atoms with Crippen molar-refractivity contribution < 1.29 is 4.74 Å². The van der Waals surface area contributed by atoms with E-state index in [9.17, 15) is 0 Å². The van der Waals surface area contributed by atoms with E-state index in [2.05, 4.69) is 10.2 Å². The van der Waals surface area contributed by atoms with E-state index >= 15 is 0 Å². The van der Waals surface area contributed by atoms with Crippen molar-refractivity contribution >= 4 is 39.8 Å². The second-order valence-electron chi connectivity index (χ2n) is 5.08. The van der Waals surface area contributed by atoms with Gasteiger partial charge in [0.1, 0.15) is 5.75 Å². The zero-order valence-electron chi connectivity index (χ0n) is 12.1. The third kappa shape index (κ3) is 2.22. The molecule has 4 nitrogen and oxygen atoms in total. The maximum Gasteiger partial charge on any atom is 0.172 e. The molecule has 0 atom stereocenters. The highest BCUT2D eigenvalue weighted by atomic mass is 35.5. The monoisotopic (exact) mass is 343 g/mol. The summed E-state index contributed by atoms with van der Waals surface area (Å²) in [4.78, 5) is 0. The van der Waals surface area contributed by atoms with Crippen molar-refractivity contribution in [1.29, 1.82) is 0 Å². The average molecular weight is 344 g/mol. The van der Waals surface area contributed by atoms with E-state index in [1.807, 2.05) is 40.8 Å². The normalized spacial score (nSPS) is 11.3. The third-order valence-corrected chi connectivity index (χ3v) is 4.23. The molecule has 2 aromatic heterocycles. The Morgan fingerprint density at radius 2 is 1.83 bits per heavy atom. The molecule has 0 N–H and O–H groups in total. The molecule has 23 heavy (non-hydrogen) atoms. The molecule has 0 aliphatic heterocycles. The number of hydrogen-bond donors (Lipinski definition) is 0. The van der Waals surface area contributed by atoms with E-state index in [4.69, 9.17) is 27.9 Å². The van der Waals surface area contributed by atoms with Crippen LogP contribution in [-0.4, -0.2) is 21.7 Å². The Kier molecular flexibility index (Phi) is 3.36. The van der Waals surface area contributed by atoms with Gasteiger partial charge < -0.3 is 4.74 Å². The van der Waals surface area contributed by atoms with Gasteiger partial charge in [-0.1, -0.05) is 41.4 Å². The van der Waals surface area contributed by atoms with Gasteiger partial charge in [-0.15, -0.1) is 10.2 Å². The van der Waals surface area contributed by atoms with Gasteiger partial charge in [0, 0.05) is 5.02 Å². The van der Waals surface area contributed by atoms with Crippen molar-refractivity contribution in [3.8, 4) is 17.1 Å². The molecular weight excluding hydrogens is 333 g/mol. The maximum atomic E-state index is 6.25. The summed E-state index contributed by atoms with van der Waals surface area (Å²) >= 11 is 12.4. The quantitative estimate of drug-likeness (QED) is 0.521. The van der Waals surface area contributed by atoms with Crippen molar-refractivity contribution in [3.05, 3.63) is 58.6 Å². The highest BCUT2D eigenvalue weighted by Crippen LogP contribution is 2.38. The lowest BCUT2D eigenvalue weighted by atomic mass is 10.1. The van der Waals surface area contributed by atoms with Crippen LogP contribution in [0.1, 0.15) is 0 Å². The number of halogens is 2. The van der Waals surface area contributed by atoms with Crippen molar-refractivity contribution in [3.63, 3.8) is 0 Å². The summed E-state index contributed by atoms with van der Waals surface area (Å²) < 4.78 is 7.42. The lowest BCUT2D eigenvalue weighted by molar-refractivity contribution is 0.416. The summed E-state index contributed by atoms with van der Waals surface area (Å²) in [6, 6.07) is 15.4. The Labute approximate surface area is 142 Å². The first kappa shape index (κ1) is 14.3. The van der Waals surface area contributed by atoms with Crippen molar-refractivity contribution in [1.82, 2.24) is 14.6 Å². The van der Waals surface area contributed by atoms with E-state index in [1.54, 1.807) is 19.2 Å². The zero-order valence-corrected chi connectivity index (χ0v) is 13.6. The molecule has 0 spiro atoms. The van der Waals surface area contributed by atoms with Crippen LogP contribution in [0.5, 0.6) is 5.75 Å². The fourth-order valence-corrected chi connectivity index (χ4v) is 3.32. The maximum absolute atomic E-state index is 6.25. The molecule has 0 fully saturated rings. The van der Waals surface area contributed by atoms with Gasteiger partial charge >= 0.3 is 0 Å². The molecule has 0 radical (unpaired) electrons. The van der Waals surface area contributed by atoms with Crippen molar-refractivity contribution in [2.45, 2.75) is 0 Å². The molecule has 0 aliphatic carbocycles. The van der Waals surface area contributed by atoms with Crippen molar-refractivity contribution in [2.24, 2.45) is 0 Å². The number of rotatable bonds is 2. The minimum absolute atomic E-state index is 0.437. The van der Waals surface area contributed by atoms with E-state index in [0.29, 0.717) is 27.2 Å². The molecule has 0 amide bonds. The van der Waals surface area contributed by atoms with Crippen LogP contribution in [0.25, 0.3) is 27.9 Å². The van der Waals surface area contributed by atoms with Crippen LogP contribution in [0, 0.1) is 0 Å². The van der Waals surface area contributed by atoms with E-state index < -0.39 is 0 Å². The highest BCUT2D eigenvalue weighted by molar-refractivity contribution is 6.36. The number of aromatic nitrogens is 3. The van der Waals surface area contributed by atoms with Gasteiger partial charge in [-0.25, -0.2) is 0 Å². The minimum atomic E-state index is 0.437. The van der Waals surface area contributed by atoms with Gasteiger partial charge in [0.05, 0.1) is 23.2 Å². The van der Waals surface area contributed by atoms with Crippen LogP contribution in [0.2, 0.25) is 10.0 Å². The van der Waals surface area contributed by atoms with Crippen LogP contribution in [0.3, 0.4) is 0 Å². The topological polar surface area (TPSA) is 39.4 Å². The Morgan fingerprint density at radius 3 is 2.65 bits per heavy atom. The molecule has 0 unspecified atom stereocenters. The molecule has 2 heterocycles. The number of ether oxygens (including phenoxy) is 1. The molecule has 4 aromatic rings. The zero-order chi connectivity index (χ0) is 16.0. The number of pyridine rings is 1. The lowest BCUT2D eigenvalue weighted by Gasteiger charge is -2.11. The lowest BCUT2D eigenvalue weighted by Crippen LogP contribution is -1.95. The molecule has 2 aromatic carbocycles. The standard InChI is InChI=1S/C17H11Cl2N3O/c1-23-16-12(8-11(18)9-13(16)19)17-21-20-15-7-6-10-4-2-3-5-14(10)22(15)17/h2-9H,1H3. The first-order chi connectivity index (χ1) is 11.2. The predicted molar refractivity (Wildman–Crippen MR) is 92.5 cm³/mol. The number of benzene rings is 2. The highest BCUT2D eigenvalue weighted by Gasteiger charge is 2.18. The number of hydrogen-bond acceptors (Lipinski definition) is 3. The van der Waals surface area contributed by atoms with Gasteiger partial charge in [0.15, 0.2) is 11.5 Å². The van der Waals surface area contributed by atoms with Gasteiger partial charge in [-0.05, 0) is 35.7 Å². The fourth-order valence-electron chi connectivity index (χ4n) is 2.75. The largest absolute Gasteiger partial charge is 0.494 e. The summed E-state index contributed by atoms with van der Waals surface area (Å²) in [6.07, 6.45) is 0. The smallest absolute Gasteiger partial charge is 0.172 e. The summed E-state index contributed by atoms with van der Waals surface area (Å²) in [7, 11) is 1.57. The Bertz CT molecular complexity index is 1040. The van der Waals surface area contributed by atoms with Crippen LogP contribution in [0.15, 0.2) is 48.5 Å². The average Bonchev–Trinajstić information content (AvgIpc) is 2.98. The molecule has 0 saturated heterocycles. The first-order valence-electron chi connectivity index (χ1n) is 6.95. The van der Waals surface area contributed by atoms with Crippen molar-refractivity contribution in [2.75, 3.05) is 7.11 Å². The summed E-state index contributed by atoms with van der Waals surface area (Å²) in [5.41, 5.74) is 2.45. The Hall–Kier alpha value is -2.30. The predicted octanol–water partition coefficient (Wildman–Crippen LogP) is 4.86. The number of nitrogens with zero attached hydrogens (tertiary/aromatic N) is 3. The number of para-hydroxylation sites is 1. The molecule has 114 valence electrons. The summed E-state index contributed by atoms with van der Waals surface area (Å²) in [5, 5.41) is 10.6. The van der Waals surface area contributed by atoms with E-state index in [-0.39, 0.29) is 0 Å². The fraction of sp³-hybridized carbons (Fsp3) is 0.0588. The molecular formula is C17H11Cl2N3O. The van der Waals surface area contributed by atoms with Gasteiger partial charge in [0.2, 0.25) is 0 Å². The first-order valence-corrected chi connectivity index (χ1v) is 7.71. The molecule has 0 bridgehead atoms. The second-order valence-corrected chi connectivity index (χ2v) is 5.92. The Balaban J connectivity index is 2.13. The van der Waals surface area contributed by atoms with Crippen LogP contribution in [-0.2, 0) is 0 Å². The SMILES string of the molecule is COc1c(Cl)cc(Cl)cc1-c1nnc2ccc3ccccc3n12. The third-order valence-electron chi connectivity index (χ3n) is 3.73. The molecule has 4 rings (SSSR count). The van der Waals surface area contributed by atoms with Gasteiger partial charge in [-0.2, -0.15) is 0 Å². The Morgan fingerprint density at radius 1 is 1.00 bits per heavy atom. The molecule has 0 aliphatic rings.